The van der Waals surface area contributed by atoms with Crippen molar-refractivity contribution in [1.29, 1.82) is 0 Å². The van der Waals surface area contributed by atoms with E-state index in [0.717, 1.165) is 5.69 Å². The number of hydrogen-bond acceptors (Lipinski definition) is 2. The van der Waals surface area contributed by atoms with Crippen molar-refractivity contribution in [3.63, 3.8) is 0 Å². The summed E-state index contributed by atoms with van der Waals surface area (Å²) in [5, 5.41) is 0.720. The molecule has 2 aromatic rings. The molecule has 0 N–H and O–H groups in total. The summed E-state index contributed by atoms with van der Waals surface area (Å²) in [4.78, 5) is 29.1. The first-order valence-electron chi connectivity index (χ1n) is 8.97. The van der Waals surface area contributed by atoms with Crippen LogP contribution in [-0.4, -0.2) is 35.8 Å². The summed E-state index contributed by atoms with van der Waals surface area (Å²) < 4.78 is 0. The van der Waals surface area contributed by atoms with Gasteiger partial charge in [0.05, 0.1) is 10.0 Å². The van der Waals surface area contributed by atoms with Gasteiger partial charge in [-0.1, -0.05) is 49.2 Å². The van der Waals surface area contributed by atoms with Crippen LogP contribution in [0.25, 0.3) is 0 Å². The lowest BCUT2D eigenvalue weighted by atomic mass is 10.0. The van der Waals surface area contributed by atoms with E-state index in [9.17, 15) is 9.59 Å². The summed E-state index contributed by atoms with van der Waals surface area (Å²) in [5.74, 6) is 0.130. The molecule has 2 amide bonds. The van der Waals surface area contributed by atoms with E-state index in [2.05, 4.69) is 13.8 Å². The highest BCUT2D eigenvalue weighted by molar-refractivity contribution is 6.42. The van der Waals surface area contributed by atoms with Gasteiger partial charge in [0.2, 0.25) is 5.91 Å². The topological polar surface area (TPSA) is 40.6 Å². The Bertz CT molecular complexity index is 865. The molecule has 6 heteroatoms. The molecule has 1 atom stereocenters. The van der Waals surface area contributed by atoms with Crippen molar-refractivity contribution < 1.29 is 9.59 Å². The molecule has 1 saturated heterocycles. The van der Waals surface area contributed by atoms with Crippen LogP contribution in [-0.2, 0) is 4.79 Å². The first-order chi connectivity index (χ1) is 12.8. The molecule has 2 aromatic carbocycles. The van der Waals surface area contributed by atoms with Crippen LogP contribution in [0, 0.1) is 0 Å². The van der Waals surface area contributed by atoms with E-state index in [1.54, 1.807) is 34.9 Å². The molecule has 27 heavy (non-hydrogen) atoms. The third-order valence-corrected chi connectivity index (χ3v) is 5.69. The maximum Gasteiger partial charge on any atom is 0.254 e. The predicted molar refractivity (Wildman–Crippen MR) is 110 cm³/mol. The van der Waals surface area contributed by atoms with Crippen LogP contribution in [0.2, 0.25) is 10.0 Å². The van der Waals surface area contributed by atoms with Crippen molar-refractivity contribution in [3.8, 4) is 0 Å². The maximum absolute atomic E-state index is 12.9. The van der Waals surface area contributed by atoms with Crippen molar-refractivity contribution in [2.75, 3.05) is 18.0 Å². The Balaban J connectivity index is 1.77. The number of benzene rings is 2. The van der Waals surface area contributed by atoms with Crippen molar-refractivity contribution in [3.05, 3.63) is 63.6 Å². The van der Waals surface area contributed by atoms with Gasteiger partial charge in [-0.25, -0.2) is 0 Å². The monoisotopic (exact) mass is 404 g/mol. The second-order valence-corrected chi connectivity index (χ2v) is 7.85. The Labute approximate surface area is 169 Å². The number of nitrogens with zero attached hydrogens (tertiary/aromatic N) is 2. The summed E-state index contributed by atoms with van der Waals surface area (Å²) >= 11 is 11.9. The summed E-state index contributed by atoms with van der Waals surface area (Å²) in [7, 11) is 0. The third kappa shape index (κ3) is 3.97. The second kappa shape index (κ2) is 7.91. The number of piperazine rings is 1. The zero-order valence-corrected chi connectivity index (χ0v) is 17.1. The van der Waals surface area contributed by atoms with E-state index in [-0.39, 0.29) is 11.8 Å². The molecule has 0 saturated carbocycles. The highest BCUT2D eigenvalue weighted by Gasteiger charge is 2.35. The quantitative estimate of drug-likeness (QED) is 0.722. The Hall–Kier alpha value is -2.04. The van der Waals surface area contributed by atoms with Crippen LogP contribution in [0.15, 0.2) is 42.5 Å². The Morgan fingerprint density at radius 3 is 2.30 bits per heavy atom. The van der Waals surface area contributed by atoms with Gasteiger partial charge in [0.15, 0.2) is 0 Å². The molecule has 1 fully saturated rings. The van der Waals surface area contributed by atoms with Crippen LogP contribution >= 0.6 is 23.2 Å². The molecule has 1 aliphatic rings. The normalized spacial score (nSPS) is 17.6. The highest BCUT2D eigenvalue weighted by Crippen LogP contribution is 2.26. The van der Waals surface area contributed by atoms with E-state index in [4.69, 9.17) is 23.2 Å². The van der Waals surface area contributed by atoms with Gasteiger partial charge < -0.3 is 9.80 Å². The van der Waals surface area contributed by atoms with Crippen molar-refractivity contribution >= 4 is 40.7 Å². The fourth-order valence-electron chi connectivity index (χ4n) is 3.24. The van der Waals surface area contributed by atoms with Crippen LogP contribution < -0.4 is 4.90 Å². The number of halogens is 2. The van der Waals surface area contributed by atoms with E-state index < -0.39 is 6.04 Å². The molecule has 0 aromatic heterocycles. The summed E-state index contributed by atoms with van der Waals surface area (Å²) in [6.45, 7) is 6.94. The Morgan fingerprint density at radius 2 is 1.70 bits per heavy atom. The minimum absolute atomic E-state index is 0.0908. The summed E-state index contributed by atoms with van der Waals surface area (Å²) in [6, 6.07) is 12.2. The lowest BCUT2D eigenvalue weighted by Gasteiger charge is -2.39. The average molecular weight is 405 g/mol. The molecule has 0 spiro atoms. The molecule has 0 unspecified atom stereocenters. The van der Waals surface area contributed by atoms with Crippen LogP contribution in [0.5, 0.6) is 0 Å². The molecular formula is C21H22Cl2N2O2. The number of carbonyl (C=O) groups excluding carboxylic acids is 2. The molecule has 142 valence electrons. The van der Waals surface area contributed by atoms with Crippen molar-refractivity contribution in [1.82, 2.24) is 4.90 Å². The minimum Gasteiger partial charge on any atom is -0.325 e. The van der Waals surface area contributed by atoms with E-state index >= 15 is 0 Å². The Morgan fingerprint density at radius 1 is 1.04 bits per heavy atom. The first-order valence-corrected chi connectivity index (χ1v) is 9.72. The number of hydrogen-bond donors (Lipinski definition) is 0. The number of anilines is 1. The highest BCUT2D eigenvalue weighted by atomic mass is 35.5. The zero-order valence-electron chi connectivity index (χ0n) is 15.6. The SMILES string of the molecule is CC(C)c1ccc(N2CCN(C(=O)c3ccc(Cl)c(Cl)c3)[C@@H](C)C2=O)cc1. The second-order valence-electron chi connectivity index (χ2n) is 7.04. The van der Waals surface area contributed by atoms with E-state index in [0.29, 0.717) is 34.6 Å². The average Bonchev–Trinajstić information content (AvgIpc) is 2.65. The van der Waals surface area contributed by atoms with Gasteiger partial charge in [-0.2, -0.15) is 0 Å². The first kappa shape index (κ1) is 19.7. The van der Waals surface area contributed by atoms with E-state index in [1.807, 2.05) is 24.3 Å². The van der Waals surface area contributed by atoms with E-state index in [1.165, 1.54) is 5.56 Å². The standard InChI is InChI=1S/C21H22Cl2N2O2/c1-13(2)15-4-7-17(8-5-15)25-11-10-24(14(3)20(25)26)21(27)16-6-9-18(22)19(23)12-16/h4-9,12-14H,10-11H2,1-3H3/t14-/m0/s1. The van der Waals surface area contributed by atoms with Gasteiger partial charge >= 0.3 is 0 Å². The molecule has 1 heterocycles. The molecule has 1 aliphatic heterocycles. The zero-order chi connectivity index (χ0) is 19.7. The fourth-order valence-corrected chi connectivity index (χ4v) is 3.54. The third-order valence-electron chi connectivity index (χ3n) is 4.95. The lowest BCUT2D eigenvalue weighted by molar-refractivity contribution is -0.124. The minimum atomic E-state index is -0.550. The Kier molecular flexibility index (Phi) is 5.78. The van der Waals surface area contributed by atoms with Crippen LogP contribution in [0.1, 0.15) is 42.6 Å². The van der Waals surface area contributed by atoms with Gasteiger partial charge in [-0.3, -0.25) is 9.59 Å². The van der Waals surface area contributed by atoms with Gasteiger partial charge in [0, 0.05) is 24.3 Å². The molecule has 4 nitrogen and oxygen atoms in total. The molecule has 0 aliphatic carbocycles. The number of rotatable bonds is 3. The van der Waals surface area contributed by atoms with Gasteiger partial charge in [-0.15, -0.1) is 0 Å². The van der Waals surface area contributed by atoms with Gasteiger partial charge in [-0.05, 0) is 48.7 Å². The molecule has 0 radical (unpaired) electrons. The summed E-state index contributed by atoms with van der Waals surface area (Å²) in [6.07, 6.45) is 0. The number of amides is 2. The van der Waals surface area contributed by atoms with Crippen LogP contribution in [0.4, 0.5) is 5.69 Å². The van der Waals surface area contributed by atoms with Crippen molar-refractivity contribution in [2.24, 2.45) is 0 Å². The molecule has 0 bridgehead atoms. The van der Waals surface area contributed by atoms with Crippen LogP contribution in [0.3, 0.4) is 0 Å². The fraction of sp³-hybridized carbons (Fsp3) is 0.333. The summed E-state index contributed by atoms with van der Waals surface area (Å²) in [5.41, 5.74) is 2.52. The van der Waals surface area contributed by atoms with Crippen molar-refractivity contribution in [2.45, 2.75) is 32.7 Å². The number of carbonyl (C=O) groups is 2. The lowest BCUT2D eigenvalue weighted by Crippen LogP contribution is -2.57. The molecule has 3 rings (SSSR count). The smallest absolute Gasteiger partial charge is 0.254 e. The predicted octanol–water partition coefficient (Wildman–Crippen LogP) is 4.99. The molecular weight excluding hydrogens is 383 g/mol. The largest absolute Gasteiger partial charge is 0.325 e. The van der Waals surface area contributed by atoms with Gasteiger partial charge in [0.25, 0.3) is 5.91 Å². The maximum atomic E-state index is 12.9. The van der Waals surface area contributed by atoms with Gasteiger partial charge in [0.1, 0.15) is 6.04 Å².